The number of aliphatic carboxylic acids is 1. The Hall–Kier alpha value is -0.580. The molecule has 1 aromatic carbocycles. The number of carboxylic acid groups (broad SMARTS) is 1. The van der Waals surface area contributed by atoms with Gasteiger partial charge in [0, 0.05) is 10.5 Å². The van der Waals surface area contributed by atoms with E-state index in [0.717, 1.165) is 23.9 Å². The first-order valence-corrected chi connectivity index (χ1v) is 7.09. The van der Waals surface area contributed by atoms with Crippen LogP contribution < -0.4 is 0 Å². The van der Waals surface area contributed by atoms with E-state index in [1.54, 1.807) is 0 Å². The summed E-state index contributed by atoms with van der Waals surface area (Å²) < 4.78 is 1.04. The van der Waals surface area contributed by atoms with Gasteiger partial charge in [-0.1, -0.05) is 41.9 Å². The zero-order valence-corrected chi connectivity index (χ0v) is 13.7. The Labute approximate surface area is 129 Å². The molecule has 1 unspecified atom stereocenters. The molecule has 1 rings (SSSR count). The number of benzene rings is 1. The van der Waals surface area contributed by atoms with Gasteiger partial charge in [-0.3, -0.25) is 9.69 Å². The second kappa shape index (κ2) is 9.34. The number of halogens is 2. The Morgan fingerprint density at radius 2 is 1.89 bits per heavy atom. The van der Waals surface area contributed by atoms with Gasteiger partial charge in [0.2, 0.25) is 0 Å². The molecule has 0 fully saturated rings. The predicted molar refractivity (Wildman–Crippen MR) is 83.9 cm³/mol. The van der Waals surface area contributed by atoms with Gasteiger partial charge in [0.25, 0.3) is 0 Å². The SMILES string of the molecule is CCCN(CC(=O)O)C(CC)c1ccc(Br)cc1.Cl. The molecule has 0 radical (unpaired) electrons. The first-order valence-electron chi connectivity index (χ1n) is 6.29. The van der Waals surface area contributed by atoms with Crippen LogP contribution in [0.15, 0.2) is 28.7 Å². The summed E-state index contributed by atoms with van der Waals surface area (Å²) in [5.74, 6) is -0.765. The number of carboxylic acids is 1. The third-order valence-electron chi connectivity index (χ3n) is 2.93. The first-order chi connectivity index (χ1) is 8.58. The molecule has 1 aromatic rings. The summed E-state index contributed by atoms with van der Waals surface area (Å²) in [5.41, 5.74) is 1.18. The fourth-order valence-corrected chi connectivity index (χ4v) is 2.46. The molecule has 0 aromatic heterocycles. The lowest BCUT2D eigenvalue weighted by Crippen LogP contribution is -2.34. The average molecular weight is 351 g/mol. The molecule has 0 aliphatic rings. The largest absolute Gasteiger partial charge is 0.480 e. The zero-order valence-electron chi connectivity index (χ0n) is 11.3. The molecule has 1 N–H and O–H groups in total. The lowest BCUT2D eigenvalue weighted by atomic mass is 10.0. The van der Waals surface area contributed by atoms with Crippen molar-refractivity contribution >= 4 is 34.3 Å². The number of hydrogen-bond acceptors (Lipinski definition) is 2. The van der Waals surface area contributed by atoms with Gasteiger partial charge in [0.15, 0.2) is 0 Å². The van der Waals surface area contributed by atoms with Crippen molar-refractivity contribution in [2.75, 3.05) is 13.1 Å². The van der Waals surface area contributed by atoms with E-state index in [9.17, 15) is 4.79 Å². The Bertz CT molecular complexity index is 384. The maximum atomic E-state index is 10.9. The van der Waals surface area contributed by atoms with Crippen LogP contribution in [-0.4, -0.2) is 29.1 Å². The minimum absolute atomic E-state index is 0. The smallest absolute Gasteiger partial charge is 0.317 e. The van der Waals surface area contributed by atoms with Gasteiger partial charge < -0.3 is 5.11 Å². The van der Waals surface area contributed by atoms with Gasteiger partial charge in [-0.05, 0) is 37.1 Å². The highest BCUT2D eigenvalue weighted by atomic mass is 79.9. The Kier molecular flexibility index (Phi) is 9.06. The van der Waals surface area contributed by atoms with E-state index in [1.165, 1.54) is 5.56 Å². The predicted octanol–water partition coefficient (Wildman–Crippen LogP) is 4.12. The summed E-state index contributed by atoms with van der Waals surface area (Å²) in [4.78, 5) is 13.0. The fourth-order valence-electron chi connectivity index (χ4n) is 2.20. The second-order valence-corrected chi connectivity index (χ2v) is 5.26. The van der Waals surface area contributed by atoms with Gasteiger partial charge in [-0.25, -0.2) is 0 Å². The van der Waals surface area contributed by atoms with Crippen LogP contribution in [0.1, 0.15) is 38.3 Å². The molecule has 0 amide bonds. The van der Waals surface area contributed by atoms with Crippen LogP contribution in [0.4, 0.5) is 0 Å². The van der Waals surface area contributed by atoms with Crippen molar-refractivity contribution in [1.82, 2.24) is 4.90 Å². The maximum Gasteiger partial charge on any atom is 0.317 e. The Morgan fingerprint density at radius 3 is 2.32 bits per heavy atom. The number of nitrogens with zero attached hydrogens (tertiary/aromatic N) is 1. The molecule has 1 atom stereocenters. The number of carbonyl (C=O) groups is 1. The van der Waals surface area contributed by atoms with Crippen LogP contribution in [0.2, 0.25) is 0 Å². The van der Waals surface area contributed by atoms with Gasteiger partial charge in [-0.2, -0.15) is 0 Å². The third-order valence-corrected chi connectivity index (χ3v) is 3.46. The van der Waals surface area contributed by atoms with Crippen molar-refractivity contribution < 1.29 is 9.90 Å². The van der Waals surface area contributed by atoms with Gasteiger partial charge in [0.05, 0.1) is 6.54 Å². The third kappa shape index (κ3) is 5.93. The normalized spacial score (nSPS) is 12.0. The molecule has 0 saturated heterocycles. The van der Waals surface area contributed by atoms with Crippen molar-refractivity contribution in [3.05, 3.63) is 34.3 Å². The lowest BCUT2D eigenvalue weighted by Gasteiger charge is -2.29. The molecule has 0 aliphatic carbocycles. The Balaban J connectivity index is 0.00000324. The van der Waals surface area contributed by atoms with E-state index in [2.05, 4.69) is 41.9 Å². The standard InChI is InChI=1S/C14H20BrNO2.ClH/c1-3-9-16(10-14(17)18)13(4-2)11-5-7-12(15)8-6-11;/h5-8,13H,3-4,9-10H2,1-2H3,(H,17,18);1H. The van der Waals surface area contributed by atoms with E-state index in [1.807, 2.05) is 17.0 Å². The molecule has 108 valence electrons. The van der Waals surface area contributed by atoms with Gasteiger partial charge in [0.1, 0.15) is 0 Å². The average Bonchev–Trinajstić information content (AvgIpc) is 2.32. The highest BCUT2D eigenvalue weighted by Gasteiger charge is 2.20. The Morgan fingerprint density at radius 1 is 1.32 bits per heavy atom. The molecule has 19 heavy (non-hydrogen) atoms. The van der Waals surface area contributed by atoms with Crippen LogP contribution >= 0.6 is 28.3 Å². The quantitative estimate of drug-likeness (QED) is 0.804. The topological polar surface area (TPSA) is 40.5 Å². The highest BCUT2D eigenvalue weighted by Crippen LogP contribution is 2.25. The van der Waals surface area contributed by atoms with Crippen LogP contribution in [0, 0.1) is 0 Å². The zero-order chi connectivity index (χ0) is 13.5. The summed E-state index contributed by atoms with van der Waals surface area (Å²) in [5, 5.41) is 9.00. The summed E-state index contributed by atoms with van der Waals surface area (Å²) >= 11 is 3.42. The van der Waals surface area contributed by atoms with E-state index in [-0.39, 0.29) is 25.0 Å². The fraction of sp³-hybridized carbons (Fsp3) is 0.500. The summed E-state index contributed by atoms with van der Waals surface area (Å²) in [7, 11) is 0. The summed E-state index contributed by atoms with van der Waals surface area (Å²) in [6.07, 6.45) is 1.87. The van der Waals surface area contributed by atoms with Crippen molar-refractivity contribution in [2.24, 2.45) is 0 Å². The minimum atomic E-state index is -0.765. The molecular formula is C14H21BrClNO2. The first kappa shape index (κ1) is 18.4. The van der Waals surface area contributed by atoms with Crippen LogP contribution in [0.25, 0.3) is 0 Å². The molecule has 0 heterocycles. The minimum Gasteiger partial charge on any atom is -0.480 e. The van der Waals surface area contributed by atoms with E-state index < -0.39 is 5.97 Å². The van der Waals surface area contributed by atoms with E-state index >= 15 is 0 Å². The van der Waals surface area contributed by atoms with Crippen molar-refractivity contribution in [2.45, 2.75) is 32.7 Å². The van der Waals surface area contributed by atoms with E-state index in [0.29, 0.717) is 0 Å². The van der Waals surface area contributed by atoms with Gasteiger partial charge in [-0.15, -0.1) is 12.4 Å². The molecule has 0 bridgehead atoms. The monoisotopic (exact) mass is 349 g/mol. The van der Waals surface area contributed by atoms with Crippen molar-refractivity contribution in [1.29, 1.82) is 0 Å². The maximum absolute atomic E-state index is 10.9. The summed E-state index contributed by atoms with van der Waals surface area (Å²) in [6, 6.07) is 8.30. The van der Waals surface area contributed by atoms with Crippen LogP contribution in [-0.2, 0) is 4.79 Å². The van der Waals surface area contributed by atoms with Crippen LogP contribution in [0.5, 0.6) is 0 Å². The lowest BCUT2D eigenvalue weighted by molar-refractivity contribution is -0.139. The van der Waals surface area contributed by atoms with Crippen molar-refractivity contribution in [3.63, 3.8) is 0 Å². The summed E-state index contributed by atoms with van der Waals surface area (Å²) in [6.45, 7) is 5.07. The molecule has 0 aliphatic heterocycles. The van der Waals surface area contributed by atoms with E-state index in [4.69, 9.17) is 5.11 Å². The molecular weight excluding hydrogens is 330 g/mol. The van der Waals surface area contributed by atoms with Gasteiger partial charge >= 0.3 is 5.97 Å². The molecule has 5 heteroatoms. The number of rotatable bonds is 7. The molecule has 0 spiro atoms. The van der Waals surface area contributed by atoms with Crippen molar-refractivity contribution in [3.8, 4) is 0 Å². The van der Waals surface area contributed by atoms with Crippen LogP contribution in [0.3, 0.4) is 0 Å². The highest BCUT2D eigenvalue weighted by molar-refractivity contribution is 9.10. The molecule has 0 saturated carbocycles. The second-order valence-electron chi connectivity index (χ2n) is 4.34. The molecule has 3 nitrogen and oxygen atoms in total. The number of hydrogen-bond donors (Lipinski definition) is 1.